The van der Waals surface area contributed by atoms with Gasteiger partial charge >= 0.3 is 12.1 Å². The SMILES string of the molecule is COC(=O)c1cc(-c2cnc(Nc3cc(C)cc(C)c3)nc2-n2ccc(C(F)(F)F)n2)cnc1OC. The van der Waals surface area contributed by atoms with Crippen LogP contribution in [0.2, 0.25) is 0 Å². The van der Waals surface area contributed by atoms with Crippen LogP contribution in [0.15, 0.2) is 48.9 Å². The second-order valence-electron chi connectivity index (χ2n) is 7.85. The zero-order valence-corrected chi connectivity index (χ0v) is 19.7. The number of benzene rings is 1. The van der Waals surface area contributed by atoms with Crippen molar-refractivity contribution in [3.8, 4) is 22.8 Å². The first-order valence-corrected chi connectivity index (χ1v) is 10.6. The van der Waals surface area contributed by atoms with Crippen LogP contribution < -0.4 is 10.1 Å². The summed E-state index contributed by atoms with van der Waals surface area (Å²) in [5, 5.41) is 6.73. The predicted octanol–water partition coefficient (Wildman–Crippen LogP) is 4.90. The number of carbonyl (C=O) groups excluding carboxylic acids is 1. The molecule has 0 aliphatic carbocycles. The highest BCUT2D eigenvalue weighted by atomic mass is 19.4. The van der Waals surface area contributed by atoms with Crippen molar-refractivity contribution in [2.45, 2.75) is 20.0 Å². The van der Waals surface area contributed by atoms with Gasteiger partial charge < -0.3 is 14.8 Å². The number of hydrogen-bond donors (Lipinski definition) is 1. The Morgan fingerprint density at radius 3 is 2.36 bits per heavy atom. The molecule has 1 aromatic carbocycles. The number of carbonyl (C=O) groups is 1. The largest absolute Gasteiger partial charge is 0.480 e. The molecule has 0 saturated carbocycles. The molecule has 9 nitrogen and oxygen atoms in total. The number of halogens is 3. The molecule has 0 amide bonds. The second-order valence-corrected chi connectivity index (χ2v) is 7.85. The lowest BCUT2D eigenvalue weighted by Gasteiger charge is -2.13. The maximum absolute atomic E-state index is 13.3. The van der Waals surface area contributed by atoms with E-state index in [4.69, 9.17) is 9.47 Å². The summed E-state index contributed by atoms with van der Waals surface area (Å²) in [5.41, 5.74) is 2.29. The van der Waals surface area contributed by atoms with Crippen molar-refractivity contribution in [2.24, 2.45) is 0 Å². The Morgan fingerprint density at radius 2 is 1.75 bits per heavy atom. The number of pyridine rings is 1. The number of ether oxygens (including phenoxy) is 2. The van der Waals surface area contributed by atoms with Gasteiger partial charge in [-0.05, 0) is 49.2 Å². The molecule has 186 valence electrons. The average Bonchev–Trinajstić information content (AvgIpc) is 3.33. The lowest BCUT2D eigenvalue weighted by atomic mass is 10.1. The maximum atomic E-state index is 13.3. The average molecular weight is 498 g/mol. The summed E-state index contributed by atoms with van der Waals surface area (Å²) in [7, 11) is 2.55. The van der Waals surface area contributed by atoms with Crippen LogP contribution in [-0.4, -0.2) is 44.9 Å². The second kappa shape index (κ2) is 9.64. The van der Waals surface area contributed by atoms with E-state index in [0.717, 1.165) is 28.1 Å². The quantitative estimate of drug-likeness (QED) is 0.375. The van der Waals surface area contributed by atoms with Crippen molar-refractivity contribution >= 4 is 17.6 Å². The van der Waals surface area contributed by atoms with E-state index in [1.165, 1.54) is 32.7 Å². The molecule has 3 heterocycles. The lowest BCUT2D eigenvalue weighted by Crippen LogP contribution is -2.10. The van der Waals surface area contributed by atoms with E-state index in [2.05, 4.69) is 25.4 Å². The Labute approximate surface area is 203 Å². The van der Waals surface area contributed by atoms with Crippen molar-refractivity contribution in [1.29, 1.82) is 0 Å². The zero-order chi connectivity index (χ0) is 26.0. The third-order valence-corrected chi connectivity index (χ3v) is 5.10. The van der Waals surface area contributed by atoms with Crippen LogP contribution >= 0.6 is 0 Å². The highest BCUT2D eigenvalue weighted by Crippen LogP contribution is 2.32. The van der Waals surface area contributed by atoms with Gasteiger partial charge in [0.1, 0.15) is 5.56 Å². The molecular weight excluding hydrogens is 477 g/mol. The van der Waals surface area contributed by atoms with E-state index in [0.29, 0.717) is 11.3 Å². The molecule has 3 aromatic heterocycles. The number of aromatic nitrogens is 5. The van der Waals surface area contributed by atoms with Gasteiger partial charge in [-0.25, -0.2) is 19.4 Å². The van der Waals surface area contributed by atoms with Gasteiger partial charge in [-0.3, -0.25) is 0 Å². The van der Waals surface area contributed by atoms with Gasteiger partial charge in [0, 0.05) is 35.4 Å². The van der Waals surface area contributed by atoms with Crippen LogP contribution in [0.25, 0.3) is 16.9 Å². The van der Waals surface area contributed by atoms with Gasteiger partial charge in [0.25, 0.3) is 0 Å². The topological polar surface area (TPSA) is 104 Å². The lowest BCUT2D eigenvalue weighted by molar-refractivity contribution is -0.141. The Balaban J connectivity index is 1.86. The van der Waals surface area contributed by atoms with Crippen LogP contribution in [0.5, 0.6) is 5.88 Å². The molecule has 0 fully saturated rings. The molecular formula is C24H21F3N6O3. The smallest absolute Gasteiger partial charge is 0.435 e. The first-order valence-electron chi connectivity index (χ1n) is 10.6. The summed E-state index contributed by atoms with van der Waals surface area (Å²) in [4.78, 5) is 25.1. The number of anilines is 2. The summed E-state index contributed by atoms with van der Waals surface area (Å²) in [6.45, 7) is 3.87. The third-order valence-electron chi connectivity index (χ3n) is 5.10. The number of nitrogens with zero attached hydrogens (tertiary/aromatic N) is 5. The number of alkyl halides is 3. The molecule has 0 atom stereocenters. The van der Waals surface area contributed by atoms with Gasteiger partial charge in [-0.15, -0.1) is 0 Å². The molecule has 0 aliphatic heterocycles. The normalized spacial score (nSPS) is 11.3. The molecule has 0 saturated heterocycles. The van der Waals surface area contributed by atoms with Gasteiger partial charge in [-0.2, -0.15) is 23.3 Å². The summed E-state index contributed by atoms with van der Waals surface area (Å²) in [6.07, 6.45) is -0.697. The minimum absolute atomic E-state index is 0.0253. The van der Waals surface area contributed by atoms with E-state index < -0.39 is 17.8 Å². The molecule has 0 unspecified atom stereocenters. The van der Waals surface area contributed by atoms with Crippen LogP contribution in [0.3, 0.4) is 0 Å². The number of methoxy groups -OCH3 is 2. The maximum Gasteiger partial charge on any atom is 0.435 e. The first kappa shape index (κ1) is 24.6. The summed E-state index contributed by atoms with van der Waals surface area (Å²) in [5.74, 6) is -0.498. The van der Waals surface area contributed by atoms with E-state index in [9.17, 15) is 18.0 Å². The van der Waals surface area contributed by atoms with Crippen molar-refractivity contribution in [2.75, 3.05) is 19.5 Å². The molecule has 4 aromatic rings. The van der Waals surface area contributed by atoms with Crippen molar-refractivity contribution in [3.05, 3.63) is 71.3 Å². The Bertz CT molecular complexity index is 1410. The van der Waals surface area contributed by atoms with E-state index in [-0.39, 0.29) is 28.8 Å². The summed E-state index contributed by atoms with van der Waals surface area (Å²) >= 11 is 0. The monoisotopic (exact) mass is 498 g/mol. The van der Waals surface area contributed by atoms with Gasteiger partial charge in [-0.1, -0.05) is 6.07 Å². The first-order chi connectivity index (χ1) is 17.1. The molecule has 0 bridgehead atoms. The number of hydrogen-bond acceptors (Lipinski definition) is 8. The fourth-order valence-corrected chi connectivity index (χ4v) is 3.60. The Kier molecular flexibility index (Phi) is 6.60. The van der Waals surface area contributed by atoms with Crippen LogP contribution in [0.1, 0.15) is 27.2 Å². The summed E-state index contributed by atoms with van der Waals surface area (Å²) in [6, 6.07) is 8.05. The van der Waals surface area contributed by atoms with Crippen molar-refractivity contribution < 1.29 is 27.4 Å². The highest BCUT2D eigenvalue weighted by Gasteiger charge is 2.34. The van der Waals surface area contributed by atoms with Gasteiger partial charge in [0.15, 0.2) is 11.5 Å². The Morgan fingerprint density at radius 1 is 1.03 bits per heavy atom. The number of nitrogens with one attached hydrogen (secondary N) is 1. The molecule has 0 spiro atoms. The predicted molar refractivity (Wildman–Crippen MR) is 124 cm³/mol. The van der Waals surface area contributed by atoms with E-state index in [1.807, 2.05) is 32.0 Å². The minimum atomic E-state index is -4.64. The molecule has 0 aliphatic rings. The molecule has 36 heavy (non-hydrogen) atoms. The van der Waals surface area contributed by atoms with E-state index in [1.54, 1.807) is 0 Å². The molecule has 12 heteroatoms. The van der Waals surface area contributed by atoms with Crippen LogP contribution in [0.4, 0.5) is 24.8 Å². The fraction of sp³-hybridized carbons (Fsp3) is 0.208. The highest BCUT2D eigenvalue weighted by molar-refractivity contribution is 5.93. The zero-order valence-electron chi connectivity index (χ0n) is 19.7. The van der Waals surface area contributed by atoms with Gasteiger partial charge in [0.05, 0.1) is 14.2 Å². The molecule has 4 rings (SSSR count). The minimum Gasteiger partial charge on any atom is -0.480 e. The molecule has 0 radical (unpaired) electrons. The fourth-order valence-electron chi connectivity index (χ4n) is 3.60. The van der Waals surface area contributed by atoms with Crippen LogP contribution in [-0.2, 0) is 10.9 Å². The third kappa shape index (κ3) is 5.11. The van der Waals surface area contributed by atoms with Crippen LogP contribution in [0, 0.1) is 13.8 Å². The standard InChI is InChI=1S/C24H21F3N6O3/c1-13-7-14(2)9-16(8-13)30-23-29-12-18(15-10-17(22(34)36-4)21(35-3)28-11-15)20(31-23)33-6-5-19(32-33)24(25,26)27/h5-12H,1-4H3,(H,29,30,31). The van der Waals surface area contributed by atoms with Crippen molar-refractivity contribution in [1.82, 2.24) is 24.7 Å². The Hall–Kier alpha value is -4.48. The summed E-state index contributed by atoms with van der Waals surface area (Å²) < 4.78 is 50.7. The van der Waals surface area contributed by atoms with Crippen molar-refractivity contribution in [3.63, 3.8) is 0 Å². The van der Waals surface area contributed by atoms with Gasteiger partial charge in [0.2, 0.25) is 11.8 Å². The number of rotatable bonds is 6. The number of esters is 1. The number of aryl methyl sites for hydroxylation is 2. The van der Waals surface area contributed by atoms with E-state index >= 15 is 0 Å². The molecule has 1 N–H and O–H groups in total.